The van der Waals surface area contributed by atoms with Crippen LogP contribution < -0.4 is 0 Å². The van der Waals surface area contributed by atoms with Crippen LogP contribution in [-0.4, -0.2) is 10.4 Å². The van der Waals surface area contributed by atoms with Crippen molar-refractivity contribution in [3.05, 3.63) is 47.7 Å². The SMILES string of the molecule is CCn1c(-c2ccccc2)cc(C(C)=O)c1C. The summed E-state index contributed by atoms with van der Waals surface area (Å²) in [6, 6.07) is 12.2. The summed E-state index contributed by atoms with van der Waals surface area (Å²) >= 11 is 0. The Balaban J connectivity index is 2.62. The minimum atomic E-state index is 0.131. The summed E-state index contributed by atoms with van der Waals surface area (Å²) in [5, 5.41) is 0. The maximum atomic E-state index is 11.6. The van der Waals surface area contributed by atoms with Crippen molar-refractivity contribution in [3.8, 4) is 11.3 Å². The molecule has 2 rings (SSSR count). The van der Waals surface area contributed by atoms with Crippen molar-refractivity contribution < 1.29 is 4.79 Å². The zero-order valence-electron chi connectivity index (χ0n) is 10.5. The molecule has 2 heteroatoms. The Morgan fingerprint density at radius 2 is 1.88 bits per heavy atom. The second-order valence-corrected chi connectivity index (χ2v) is 4.20. The molecule has 0 fully saturated rings. The van der Waals surface area contributed by atoms with E-state index < -0.39 is 0 Å². The number of hydrogen-bond acceptors (Lipinski definition) is 1. The van der Waals surface area contributed by atoms with Crippen molar-refractivity contribution in [2.75, 3.05) is 0 Å². The summed E-state index contributed by atoms with van der Waals surface area (Å²) in [4.78, 5) is 11.6. The Morgan fingerprint density at radius 1 is 1.24 bits per heavy atom. The monoisotopic (exact) mass is 227 g/mol. The molecule has 2 nitrogen and oxygen atoms in total. The van der Waals surface area contributed by atoms with Gasteiger partial charge in [-0.1, -0.05) is 30.3 Å². The summed E-state index contributed by atoms with van der Waals surface area (Å²) < 4.78 is 2.19. The number of ketones is 1. The first-order valence-corrected chi connectivity index (χ1v) is 5.91. The number of hydrogen-bond donors (Lipinski definition) is 0. The molecule has 0 bridgehead atoms. The van der Waals surface area contributed by atoms with Gasteiger partial charge in [0.05, 0.1) is 0 Å². The van der Waals surface area contributed by atoms with E-state index in [1.54, 1.807) is 6.92 Å². The maximum absolute atomic E-state index is 11.6. The number of carbonyl (C=O) groups excluding carboxylic acids is 1. The fraction of sp³-hybridized carbons (Fsp3) is 0.267. The molecule has 0 N–H and O–H groups in total. The van der Waals surface area contributed by atoms with Crippen LogP contribution in [0.4, 0.5) is 0 Å². The van der Waals surface area contributed by atoms with Gasteiger partial charge in [-0.3, -0.25) is 4.79 Å². The van der Waals surface area contributed by atoms with Crippen molar-refractivity contribution in [3.63, 3.8) is 0 Å². The molecule has 1 heterocycles. The molecule has 0 aliphatic carbocycles. The van der Waals surface area contributed by atoms with E-state index in [1.807, 2.05) is 31.2 Å². The van der Waals surface area contributed by atoms with Crippen LogP contribution in [0.1, 0.15) is 29.9 Å². The fourth-order valence-electron chi connectivity index (χ4n) is 2.26. The Kier molecular flexibility index (Phi) is 3.14. The van der Waals surface area contributed by atoms with Crippen molar-refractivity contribution in [1.82, 2.24) is 4.57 Å². The Hall–Kier alpha value is -1.83. The highest BCUT2D eigenvalue weighted by Gasteiger charge is 2.14. The smallest absolute Gasteiger partial charge is 0.161 e. The normalized spacial score (nSPS) is 10.5. The zero-order chi connectivity index (χ0) is 12.4. The predicted octanol–water partition coefficient (Wildman–Crippen LogP) is 3.69. The largest absolute Gasteiger partial charge is 0.344 e. The van der Waals surface area contributed by atoms with E-state index in [0.717, 1.165) is 29.1 Å². The summed E-state index contributed by atoms with van der Waals surface area (Å²) in [6.07, 6.45) is 0. The zero-order valence-corrected chi connectivity index (χ0v) is 10.5. The molecule has 0 saturated carbocycles. The number of aromatic nitrogens is 1. The van der Waals surface area contributed by atoms with Gasteiger partial charge in [-0.2, -0.15) is 0 Å². The fourth-order valence-corrected chi connectivity index (χ4v) is 2.26. The predicted molar refractivity (Wildman–Crippen MR) is 70.3 cm³/mol. The van der Waals surface area contributed by atoms with Gasteiger partial charge >= 0.3 is 0 Å². The molecule has 0 aliphatic rings. The lowest BCUT2D eigenvalue weighted by Gasteiger charge is -2.08. The van der Waals surface area contributed by atoms with Crippen LogP contribution in [0.25, 0.3) is 11.3 Å². The standard InChI is InChI=1S/C15H17NO/c1-4-16-11(2)14(12(3)17)10-15(16)13-8-6-5-7-9-13/h5-10H,4H2,1-3H3. The molecule has 0 unspecified atom stereocenters. The second kappa shape index (κ2) is 4.58. The van der Waals surface area contributed by atoms with Gasteiger partial charge in [-0.15, -0.1) is 0 Å². The van der Waals surface area contributed by atoms with Gasteiger partial charge < -0.3 is 4.57 Å². The Morgan fingerprint density at radius 3 is 2.41 bits per heavy atom. The molecular formula is C15H17NO. The van der Waals surface area contributed by atoms with Gasteiger partial charge in [0.15, 0.2) is 5.78 Å². The molecule has 0 spiro atoms. The van der Waals surface area contributed by atoms with Gasteiger partial charge in [0.2, 0.25) is 0 Å². The molecule has 0 saturated heterocycles. The van der Waals surface area contributed by atoms with Crippen LogP contribution in [0.15, 0.2) is 36.4 Å². The third-order valence-corrected chi connectivity index (χ3v) is 3.13. The number of Topliss-reactive ketones (excluding diaryl/α,β-unsaturated/α-hetero) is 1. The first-order valence-electron chi connectivity index (χ1n) is 5.91. The molecule has 1 aromatic carbocycles. The highest BCUT2D eigenvalue weighted by atomic mass is 16.1. The van der Waals surface area contributed by atoms with E-state index in [2.05, 4.69) is 23.6 Å². The molecule has 0 aliphatic heterocycles. The molecule has 0 atom stereocenters. The van der Waals surface area contributed by atoms with Crippen molar-refractivity contribution >= 4 is 5.78 Å². The van der Waals surface area contributed by atoms with E-state index in [1.165, 1.54) is 0 Å². The van der Waals surface area contributed by atoms with Crippen LogP contribution in [0.3, 0.4) is 0 Å². The van der Waals surface area contributed by atoms with E-state index in [-0.39, 0.29) is 5.78 Å². The highest BCUT2D eigenvalue weighted by molar-refractivity contribution is 5.96. The lowest BCUT2D eigenvalue weighted by molar-refractivity contribution is 0.101. The van der Waals surface area contributed by atoms with E-state index >= 15 is 0 Å². The average Bonchev–Trinajstić information content (AvgIpc) is 2.67. The lowest BCUT2D eigenvalue weighted by atomic mass is 10.1. The third-order valence-electron chi connectivity index (χ3n) is 3.13. The summed E-state index contributed by atoms with van der Waals surface area (Å²) in [7, 11) is 0. The third kappa shape index (κ3) is 2.03. The van der Waals surface area contributed by atoms with Crippen LogP contribution in [0, 0.1) is 6.92 Å². The van der Waals surface area contributed by atoms with Crippen molar-refractivity contribution in [1.29, 1.82) is 0 Å². The quantitative estimate of drug-likeness (QED) is 0.733. The average molecular weight is 227 g/mol. The molecule has 2 aromatic rings. The van der Waals surface area contributed by atoms with E-state index in [9.17, 15) is 4.79 Å². The maximum Gasteiger partial charge on any atom is 0.161 e. The summed E-state index contributed by atoms with van der Waals surface area (Å²) in [5.74, 6) is 0.131. The summed E-state index contributed by atoms with van der Waals surface area (Å²) in [5.41, 5.74) is 4.16. The molecule has 0 amide bonds. The molecule has 17 heavy (non-hydrogen) atoms. The Bertz CT molecular complexity index is 538. The van der Waals surface area contributed by atoms with Gasteiger partial charge in [0.25, 0.3) is 0 Å². The van der Waals surface area contributed by atoms with Gasteiger partial charge in [0, 0.05) is 23.5 Å². The van der Waals surface area contributed by atoms with Crippen LogP contribution in [-0.2, 0) is 6.54 Å². The topological polar surface area (TPSA) is 22.0 Å². The van der Waals surface area contributed by atoms with Gasteiger partial charge in [-0.05, 0) is 32.4 Å². The van der Waals surface area contributed by atoms with E-state index in [4.69, 9.17) is 0 Å². The van der Waals surface area contributed by atoms with E-state index in [0.29, 0.717) is 0 Å². The van der Waals surface area contributed by atoms with Crippen molar-refractivity contribution in [2.24, 2.45) is 0 Å². The molecular weight excluding hydrogens is 210 g/mol. The first kappa shape index (κ1) is 11.6. The molecule has 88 valence electrons. The number of rotatable bonds is 3. The molecule has 1 aromatic heterocycles. The summed E-state index contributed by atoms with van der Waals surface area (Å²) in [6.45, 7) is 6.61. The van der Waals surface area contributed by atoms with Crippen LogP contribution in [0.5, 0.6) is 0 Å². The van der Waals surface area contributed by atoms with Crippen molar-refractivity contribution in [2.45, 2.75) is 27.3 Å². The second-order valence-electron chi connectivity index (χ2n) is 4.20. The highest BCUT2D eigenvalue weighted by Crippen LogP contribution is 2.25. The first-order chi connectivity index (χ1) is 8.15. The van der Waals surface area contributed by atoms with Crippen LogP contribution in [0.2, 0.25) is 0 Å². The lowest BCUT2D eigenvalue weighted by Crippen LogP contribution is -2.01. The minimum Gasteiger partial charge on any atom is -0.344 e. The van der Waals surface area contributed by atoms with Crippen LogP contribution >= 0.6 is 0 Å². The Labute approximate surface area is 102 Å². The minimum absolute atomic E-state index is 0.131. The number of benzene rings is 1. The molecule has 0 radical (unpaired) electrons. The number of nitrogens with zero attached hydrogens (tertiary/aromatic N) is 1. The van der Waals surface area contributed by atoms with Gasteiger partial charge in [0.1, 0.15) is 0 Å². The van der Waals surface area contributed by atoms with Gasteiger partial charge in [-0.25, -0.2) is 0 Å². The number of carbonyl (C=O) groups is 1.